The van der Waals surface area contributed by atoms with Gasteiger partial charge in [-0.05, 0) is 38.1 Å². The summed E-state index contributed by atoms with van der Waals surface area (Å²) in [4.78, 5) is 4.22. The number of thioether (sulfide) groups is 1. The van der Waals surface area contributed by atoms with Crippen LogP contribution in [-0.4, -0.2) is 0 Å². The van der Waals surface area contributed by atoms with Gasteiger partial charge >= 0.3 is 0 Å². The third-order valence-electron chi connectivity index (χ3n) is 2.17. The van der Waals surface area contributed by atoms with Crippen molar-refractivity contribution in [2.45, 2.75) is 24.5 Å². The van der Waals surface area contributed by atoms with Gasteiger partial charge in [0.25, 0.3) is 0 Å². The first kappa shape index (κ1) is 10.8. The van der Waals surface area contributed by atoms with E-state index < -0.39 is 0 Å². The highest BCUT2D eigenvalue weighted by Crippen LogP contribution is 2.26. The molecule has 0 bridgehead atoms. The van der Waals surface area contributed by atoms with E-state index in [-0.39, 0.29) is 0 Å². The molecule has 0 aliphatic heterocycles. The lowest BCUT2D eigenvalue weighted by molar-refractivity contribution is 1.35. The van der Waals surface area contributed by atoms with Crippen molar-refractivity contribution in [2.75, 3.05) is 0 Å². The topological polar surface area (TPSA) is 0 Å². The Bertz CT molecular complexity index is 443. The molecule has 0 aliphatic rings. The summed E-state index contributed by atoms with van der Waals surface area (Å²) in [7, 11) is 0. The highest BCUT2D eigenvalue weighted by molar-refractivity contribution is 7.98. The molecule has 0 atom stereocenters. The van der Waals surface area contributed by atoms with Gasteiger partial charge in [0.1, 0.15) is 0 Å². The average molecular weight is 234 g/mol. The fraction of sp³-hybridized carbons (Fsp3) is 0.231. The predicted molar refractivity (Wildman–Crippen MR) is 69.8 cm³/mol. The standard InChI is InChI=1S/C13H14S2/c1-10-4-3-5-12(8-10)14-9-13-7-6-11(2)15-13/h3-8H,9H2,1-2H3. The zero-order chi connectivity index (χ0) is 10.7. The normalized spacial score (nSPS) is 10.5. The number of aryl methyl sites for hydroxylation is 2. The van der Waals surface area contributed by atoms with Gasteiger partial charge in [0, 0.05) is 20.4 Å². The lowest BCUT2D eigenvalue weighted by Crippen LogP contribution is -1.76. The first-order chi connectivity index (χ1) is 7.24. The average Bonchev–Trinajstić information content (AvgIpc) is 2.62. The number of hydrogen-bond donors (Lipinski definition) is 0. The van der Waals surface area contributed by atoms with Crippen molar-refractivity contribution in [3.05, 3.63) is 51.7 Å². The van der Waals surface area contributed by atoms with Crippen molar-refractivity contribution in [1.82, 2.24) is 0 Å². The predicted octanol–water partition coefficient (Wildman–Crippen LogP) is 4.66. The minimum absolute atomic E-state index is 1.09. The van der Waals surface area contributed by atoms with Crippen molar-refractivity contribution in [2.24, 2.45) is 0 Å². The van der Waals surface area contributed by atoms with Crippen LogP contribution in [0.2, 0.25) is 0 Å². The van der Waals surface area contributed by atoms with Crippen LogP contribution in [0.1, 0.15) is 15.3 Å². The first-order valence-corrected chi connectivity index (χ1v) is 6.79. The van der Waals surface area contributed by atoms with Gasteiger partial charge in [0.05, 0.1) is 0 Å². The van der Waals surface area contributed by atoms with Crippen molar-refractivity contribution < 1.29 is 0 Å². The van der Waals surface area contributed by atoms with E-state index in [2.05, 4.69) is 50.2 Å². The molecule has 0 spiro atoms. The second kappa shape index (κ2) is 4.86. The monoisotopic (exact) mass is 234 g/mol. The van der Waals surface area contributed by atoms with Crippen LogP contribution < -0.4 is 0 Å². The van der Waals surface area contributed by atoms with E-state index in [1.165, 1.54) is 20.2 Å². The van der Waals surface area contributed by atoms with E-state index in [1.54, 1.807) is 0 Å². The maximum Gasteiger partial charge on any atom is 0.0326 e. The minimum Gasteiger partial charge on any atom is -0.145 e. The summed E-state index contributed by atoms with van der Waals surface area (Å²) >= 11 is 3.80. The van der Waals surface area contributed by atoms with E-state index in [9.17, 15) is 0 Å². The summed E-state index contributed by atoms with van der Waals surface area (Å²) in [5.74, 6) is 1.09. The van der Waals surface area contributed by atoms with Crippen LogP contribution in [0.15, 0.2) is 41.3 Å². The van der Waals surface area contributed by atoms with Crippen LogP contribution >= 0.6 is 23.1 Å². The Morgan fingerprint density at radius 3 is 2.67 bits per heavy atom. The summed E-state index contributed by atoms with van der Waals surface area (Å²) in [6.45, 7) is 4.30. The van der Waals surface area contributed by atoms with Gasteiger partial charge in [-0.25, -0.2) is 0 Å². The molecule has 0 nitrogen and oxygen atoms in total. The van der Waals surface area contributed by atoms with Crippen LogP contribution in [0, 0.1) is 13.8 Å². The van der Waals surface area contributed by atoms with Gasteiger partial charge in [-0.1, -0.05) is 17.7 Å². The third-order valence-corrected chi connectivity index (χ3v) is 4.39. The summed E-state index contributed by atoms with van der Waals surface area (Å²) in [6.07, 6.45) is 0. The Balaban J connectivity index is 1.99. The van der Waals surface area contributed by atoms with E-state index >= 15 is 0 Å². The zero-order valence-electron chi connectivity index (χ0n) is 8.99. The molecule has 0 aliphatic carbocycles. The molecule has 1 aromatic carbocycles. The van der Waals surface area contributed by atoms with Gasteiger partial charge < -0.3 is 0 Å². The molecule has 0 amide bonds. The van der Waals surface area contributed by atoms with E-state index in [0.29, 0.717) is 0 Å². The number of rotatable bonds is 3. The molecular weight excluding hydrogens is 220 g/mol. The highest BCUT2D eigenvalue weighted by atomic mass is 32.2. The second-order valence-corrected chi connectivity index (χ2v) is 6.04. The van der Waals surface area contributed by atoms with Crippen molar-refractivity contribution in [1.29, 1.82) is 0 Å². The second-order valence-electron chi connectivity index (χ2n) is 3.62. The molecule has 2 heteroatoms. The summed E-state index contributed by atoms with van der Waals surface area (Å²) < 4.78 is 0. The van der Waals surface area contributed by atoms with Gasteiger partial charge in [-0.3, -0.25) is 0 Å². The lowest BCUT2D eigenvalue weighted by atomic mass is 10.2. The molecule has 2 aromatic rings. The molecule has 0 saturated heterocycles. The maximum atomic E-state index is 2.24. The van der Waals surface area contributed by atoms with Gasteiger partial charge in [-0.2, -0.15) is 0 Å². The Labute approximate surface area is 99.3 Å². The number of thiophene rings is 1. The van der Waals surface area contributed by atoms with E-state index in [4.69, 9.17) is 0 Å². The van der Waals surface area contributed by atoms with Gasteiger partial charge in [-0.15, -0.1) is 23.1 Å². The smallest absolute Gasteiger partial charge is 0.0326 e. The Morgan fingerprint density at radius 1 is 1.13 bits per heavy atom. The molecule has 0 saturated carbocycles. The molecule has 0 N–H and O–H groups in total. The lowest BCUT2D eigenvalue weighted by Gasteiger charge is -2.00. The summed E-state index contributed by atoms with van der Waals surface area (Å²) in [6, 6.07) is 13.1. The molecule has 1 aromatic heterocycles. The minimum atomic E-state index is 1.09. The quantitative estimate of drug-likeness (QED) is 0.696. The van der Waals surface area contributed by atoms with E-state index in [1.807, 2.05) is 23.1 Å². The summed E-state index contributed by atoms with van der Waals surface area (Å²) in [5, 5.41) is 0. The maximum absolute atomic E-state index is 2.24. The molecule has 2 rings (SSSR count). The van der Waals surface area contributed by atoms with Gasteiger partial charge in [0.2, 0.25) is 0 Å². The fourth-order valence-electron chi connectivity index (χ4n) is 1.42. The van der Waals surface area contributed by atoms with Crippen LogP contribution in [0.3, 0.4) is 0 Å². The van der Waals surface area contributed by atoms with Crippen molar-refractivity contribution >= 4 is 23.1 Å². The Kier molecular flexibility index (Phi) is 3.49. The van der Waals surface area contributed by atoms with Crippen molar-refractivity contribution in [3.8, 4) is 0 Å². The zero-order valence-corrected chi connectivity index (χ0v) is 10.6. The van der Waals surface area contributed by atoms with Crippen LogP contribution in [0.5, 0.6) is 0 Å². The molecule has 1 heterocycles. The molecular formula is C13H14S2. The summed E-state index contributed by atoms with van der Waals surface area (Å²) in [5.41, 5.74) is 1.34. The molecule has 0 fully saturated rings. The largest absolute Gasteiger partial charge is 0.145 e. The molecule has 15 heavy (non-hydrogen) atoms. The molecule has 78 valence electrons. The SMILES string of the molecule is Cc1cccc(SCc2ccc(C)s2)c1. The number of benzene rings is 1. The fourth-order valence-corrected chi connectivity index (χ4v) is 3.37. The highest BCUT2D eigenvalue weighted by Gasteiger charge is 1.98. The Morgan fingerprint density at radius 2 is 2.00 bits per heavy atom. The van der Waals surface area contributed by atoms with Crippen LogP contribution in [-0.2, 0) is 5.75 Å². The van der Waals surface area contributed by atoms with Crippen LogP contribution in [0.25, 0.3) is 0 Å². The molecule has 0 unspecified atom stereocenters. The van der Waals surface area contributed by atoms with Crippen LogP contribution in [0.4, 0.5) is 0 Å². The Hall–Kier alpha value is -0.730. The first-order valence-electron chi connectivity index (χ1n) is 4.99. The van der Waals surface area contributed by atoms with Gasteiger partial charge in [0.15, 0.2) is 0 Å². The molecule has 0 radical (unpaired) electrons. The number of hydrogen-bond acceptors (Lipinski definition) is 2. The van der Waals surface area contributed by atoms with E-state index in [0.717, 1.165) is 5.75 Å². The third kappa shape index (κ3) is 3.11. The van der Waals surface area contributed by atoms with Crippen molar-refractivity contribution in [3.63, 3.8) is 0 Å².